The van der Waals surface area contributed by atoms with Gasteiger partial charge in [-0.2, -0.15) is 0 Å². The number of hydrogen-bond acceptors (Lipinski definition) is 3. The van der Waals surface area contributed by atoms with Crippen LogP contribution in [0.3, 0.4) is 0 Å². The van der Waals surface area contributed by atoms with Crippen molar-refractivity contribution >= 4 is 17.3 Å². The quantitative estimate of drug-likeness (QED) is 0.684. The number of nitrogens with one attached hydrogen (secondary N) is 1. The molecule has 0 fully saturated rings. The summed E-state index contributed by atoms with van der Waals surface area (Å²) in [6.07, 6.45) is 0. The second-order valence-corrected chi connectivity index (χ2v) is 3.09. The minimum Gasteiger partial charge on any atom is -0.394 e. The maximum Gasteiger partial charge on any atom is 0.0723 e. The molecule has 0 heterocycles. The topological polar surface area (TPSA) is 52.5 Å². The molecule has 0 aliphatic heterocycles. The van der Waals surface area contributed by atoms with Crippen molar-refractivity contribution in [3.63, 3.8) is 0 Å². The predicted octanol–water partition coefficient (Wildman–Crippen LogP) is 1.11. The van der Waals surface area contributed by atoms with Crippen LogP contribution in [0.2, 0.25) is 5.02 Å². The summed E-state index contributed by atoms with van der Waals surface area (Å²) in [5.41, 5.74) is 0.720. The normalized spacial score (nSPS) is 10.5. The van der Waals surface area contributed by atoms with Crippen LogP contribution in [0.4, 0.5) is 5.69 Å². The molecule has 0 aliphatic carbocycles. The van der Waals surface area contributed by atoms with Gasteiger partial charge in [-0.25, -0.2) is 0 Å². The van der Waals surface area contributed by atoms with Crippen LogP contribution in [0, 0.1) is 0 Å². The summed E-state index contributed by atoms with van der Waals surface area (Å²) in [5, 5.41) is 21.1. The Morgan fingerprint density at radius 2 is 1.85 bits per heavy atom. The lowest BCUT2D eigenvalue weighted by atomic mass is 10.2. The third kappa shape index (κ3) is 2.88. The van der Waals surface area contributed by atoms with E-state index < -0.39 is 0 Å². The molecule has 0 spiro atoms. The van der Waals surface area contributed by atoms with Crippen molar-refractivity contribution in [2.45, 2.75) is 6.04 Å². The van der Waals surface area contributed by atoms with Crippen molar-refractivity contribution in [3.8, 4) is 0 Å². The Morgan fingerprint density at radius 1 is 1.23 bits per heavy atom. The molecular formula is C9H12ClNO2. The van der Waals surface area contributed by atoms with Crippen LogP contribution in [-0.4, -0.2) is 29.5 Å². The average molecular weight is 202 g/mol. The van der Waals surface area contributed by atoms with Crippen molar-refractivity contribution in [3.05, 3.63) is 29.3 Å². The zero-order valence-electron chi connectivity index (χ0n) is 7.07. The highest BCUT2D eigenvalue weighted by Gasteiger charge is 2.06. The molecule has 13 heavy (non-hydrogen) atoms. The van der Waals surface area contributed by atoms with Gasteiger partial charge in [-0.05, 0) is 12.1 Å². The first kappa shape index (κ1) is 10.3. The van der Waals surface area contributed by atoms with Crippen molar-refractivity contribution in [2.75, 3.05) is 18.5 Å². The molecular weight excluding hydrogens is 190 g/mol. The molecule has 0 saturated heterocycles. The lowest BCUT2D eigenvalue weighted by Crippen LogP contribution is -2.27. The summed E-state index contributed by atoms with van der Waals surface area (Å²) in [6.45, 7) is -0.247. The molecule has 72 valence electrons. The van der Waals surface area contributed by atoms with Crippen LogP contribution in [-0.2, 0) is 0 Å². The predicted molar refractivity (Wildman–Crippen MR) is 53.0 cm³/mol. The summed E-state index contributed by atoms with van der Waals surface area (Å²) in [7, 11) is 0. The third-order valence-corrected chi connectivity index (χ3v) is 2.00. The van der Waals surface area contributed by atoms with Gasteiger partial charge < -0.3 is 15.5 Å². The number of para-hydroxylation sites is 1. The fourth-order valence-electron chi connectivity index (χ4n) is 0.947. The first-order chi connectivity index (χ1) is 6.27. The van der Waals surface area contributed by atoms with E-state index in [4.69, 9.17) is 21.8 Å². The number of benzene rings is 1. The molecule has 1 rings (SSSR count). The second-order valence-electron chi connectivity index (χ2n) is 2.69. The van der Waals surface area contributed by atoms with Crippen LogP contribution >= 0.6 is 11.6 Å². The molecule has 0 aliphatic rings. The molecule has 0 atom stereocenters. The molecule has 4 heteroatoms. The summed E-state index contributed by atoms with van der Waals surface area (Å²) >= 11 is 5.86. The Bertz CT molecular complexity index is 264. The van der Waals surface area contributed by atoms with Gasteiger partial charge in [0.05, 0.1) is 30.0 Å². The highest BCUT2D eigenvalue weighted by atomic mass is 35.5. The first-order valence-corrected chi connectivity index (χ1v) is 4.38. The Balaban J connectivity index is 2.67. The minimum atomic E-state index is -0.361. The lowest BCUT2D eigenvalue weighted by molar-refractivity contribution is 0.204. The van der Waals surface area contributed by atoms with Crippen molar-refractivity contribution in [1.29, 1.82) is 0 Å². The van der Waals surface area contributed by atoms with E-state index in [-0.39, 0.29) is 19.3 Å². The molecule has 0 radical (unpaired) electrons. The van der Waals surface area contributed by atoms with E-state index in [1.165, 1.54) is 0 Å². The van der Waals surface area contributed by atoms with Gasteiger partial charge in [0.1, 0.15) is 0 Å². The Hall–Kier alpha value is -0.770. The van der Waals surface area contributed by atoms with Crippen LogP contribution in [0.1, 0.15) is 0 Å². The fraction of sp³-hybridized carbons (Fsp3) is 0.333. The third-order valence-electron chi connectivity index (χ3n) is 1.67. The largest absolute Gasteiger partial charge is 0.394 e. The number of aliphatic hydroxyl groups is 2. The highest BCUT2D eigenvalue weighted by molar-refractivity contribution is 6.33. The first-order valence-electron chi connectivity index (χ1n) is 4.00. The standard InChI is InChI=1S/C9H12ClNO2/c10-8-3-1-2-4-9(8)11-7(5-12)6-13/h1-4,7,11-13H,5-6H2. The van der Waals surface area contributed by atoms with E-state index >= 15 is 0 Å². The molecule has 0 bridgehead atoms. The van der Waals surface area contributed by atoms with E-state index in [1.807, 2.05) is 12.1 Å². The maximum atomic E-state index is 8.81. The number of rotatable bonds is 4. The van der Waals surface area contributed by atoms with Gasteiger partial charge >= 0.3 is 0 Å². The Labute approximate surface area is 82.0 Å². The number of halogens is 1. The molecule has 0 aromatic heterocycles. The van der Waals surface area contributed by atoms with Gasteiger partial charge in [0.15, 0.2) is 0 Å². The van der Waals surface area contributed by atoms with Crippen molar-refractivity contribution < 1.29 is 10.2 Å². The minimum absolute atomic E-state index is 0.123. The SMILES string of the molecule is OCC(CO)Nc1ccccc1Cl. The molecule has 3 nitrogen and oxygen atoms in total. The van der Waals surface area contributed by atoms with Crippen LogP contribution in [0.25, 0.3) is 0 Å². The van der Waals surface area contributed by atoms with Crippen LogP contribution in [0.15, 0.2) is 24.3 Å². The molecule has 1 aromatic rings. The van der Waals surface area contributed by atoms with Gasteiger partial charge in [-0.15, -0.1) is 0 Å². The van der Waals surface area contributed by atoms with Gasteiger partial charge in [0, 0.05) is 0 Å². The molecule has 1 aromatic carbocycles. The average Bonchev–Trinajstić information content (AvgIpc) is 2.17. The summed E-state index contributed by atoms with van der Waals surface area (Å²) < 4.78 is 0. The molecule has 0 amide bonds. The fourth-order valence-corrected chi connectivity index (χ4v) is 1.14. The zero-order valence-corrected chi connectivity index (χ0v) is 7.83. The monoisotopic (exact) mass is 201 g/mol. The molecule has 0 saturated carbocycles. The van der Waals surface area contributed by atoms with E-state index in [0.29, 0.717) is 5.02 Å². The summed E-state index contributed by atoms with van der Waals surface area (Å²) in [6, 6.07) is 6.83. The molecule has 0 unspecified atom stereocenters. The van der Waals surface area contributed by atoms with Gasteiger partial charge in [0.2, 0.25) is 0 Å². The number of anilines is 1. The van der Waals surface area contributed by atoms with E-state index in [2.05, 4.69) is 5.32 Å². The number of aliphatic hydroxyl groups excluding tert-OH is 2. The summed E-state index contributed by atoms with van der Waals surface area (Å²) in [4.78, 5) is 0. The van der Waals surface area contributed by atoms with Crippen LogP contribution < -0.4 is 5.32 Å². The van der Waals surface area contributed by atoms with E-state index in [1.54, 1.807) is 12.1 Å². The maximum absolute atomic E-state index is 8.81. The summed E-state index contributed by atoms with van der Waals surface area (Å²) in [5.74, 6) is 0. The highest BCUT2D eigenvalue weighted by Crippen LogP contribution is 2.20. The van der Waals surface area contributed by atoms with Gasteiger partial charge in [0.25, 0.3) is 0 Å². The smallest absolute Gasteiger partial charge is 0.0723 e. The van der Waals surface area contributed by atoms with E-state index in [9.17, 15) is 0 Å². The van der Waals surface area contributed by atoms with Crippen molar-refractivity contribution in [2.24, 2.45) is 0 Å². The lowest BCUT2D eigenvalue weighted by Gasteiger charge is -2.15. The Morgan fingerprint density at radius 3 is 2.38 bits per heavy atom. The Kier molecular flexibility index (Phi) is 4.02. The zero-order chi connectivity index (χ0) is 9.68. The van der Waals surface area contributed by atoms with E-state index in [0.717, 1.165) is 5.69 Å². The van der Waals surface area contributed by atoms with Gasteiger partial charge in [-0.3, -0.25) is 0 Å². The number of hydrogen-bond donors (Lipinski definition) is 3. The van der Waals surface area contributed by atoms with Crippen LogP contribution in [0.5, 0.6) is 0 Å². The van der Waals surface area contributed by atoms with Crippen molar-refractivity contribution in [1.82, 2.24) is 0 Å². The molecule has 3 N–H and O–H groups in total. The second kappa shape index (κ2) is 5.07. The van der Waals surface area contributed by atoms with Gasteiger partial charge in [-0.1, -0.05) is 23.7 Å².